The van der Waals surface area contributed by atoms with E-state index < -0.39 is 0 Å². The van der Waals surface area contributed by atoms with Crippen molar-refractivity contribution in [3.63, 3.8) is 0 Å². The first-order valence-electron chi connectivity index (χ1n) is 4.32. The summed E-state index contributed by atoms with van der Waals surface area (Å²) in [6.45, 7) is 0. The van der Waals surface area contributed by atoms with Crippen molar-refractivity contribution in [2.45, 2.75) is 0 Å². The second-order valence-electron chi connectivity index (χ2n) is 3.20. The normalized spacial score (nSPS) is 11.3. The number of imidazole rings is 1. The molecule has 3 nitrogen and oxygen atoms in total. The highest BCUT2D eigenvalue weighted by atomic mass is 79.9. The molecule has 3 heterocycles. The van der Waals surface area contributed by atoms with E-state index in [9.17, 15) is 0 Å². The summed E-state index contributed by atoms with van der Waals surface area (Å²) >= 11 is 9.25. The summed E-state index contributed by atoms with van der Waals surface area (Å²) in [6, 6.07) is 3.92. The predicted octanol–water partition coefficient (Wildman–Crippen LogP) is 3.30. The van der Waals surface area contributed by atoms with E-state index in [0.717, 1.165) is 21.0 Å². The number of halogens is 2. The Balaban J connectivity index is 2.56. The van der Waals surface area contributed by atoms with E-state index >= 15 is 0 Å². The summed E-state index contributed by atoms with van der Waals surface area (Å²) in [7, 11) is 0. The fourth-order valence-corrected chi connectivity index (χ4v) is 2.11. The smallest absolute Gasteiger partial charge is 0.148 e. The third kappa shape index (κ3) is 1.41. The highest BCUT2D eigenvalue weighted by molar-refractivity contribution is 9.10. The molecule has 0 aliphatic carbocycles. The molecular formula is C10H5BrClN3. The van der Waals surface area contributed by atoms with Crippen LogP contribution in [0.5, 0.6) is 0 Å². The van der Waals surface area contributed by atoms with Gasteiger partial charge in [0.2, 0.25) is 0 Å². The third-order valence-corrected chi connectivity index (χ3v) is 2.84. The molecule has 0 aliphatic heterocycles. The minimum atomic E-state index is 0.488. The van der Waals surface area contributed by atoms with Gasteiger partial charge in [0.05, 0.1) is 5.52 Å². The second kappa shape index (κ2) is 3.18. The molecule has 3 aromatic rings. The van der Waals surface area contributed by atoms with Crippen molar-refractivity contribution in [2.75, 3.05) is 0 Å². The Morgan fingerprint density at radius 3 is 3.13 bits per heavy atom. The zero-order valence-electron chi connectivity index (χ0n) is 7.48. The van der Waals surface area contributed by atoms with Gasteiger partial charge in [-0.2, -0.15) is 0 Å². The molecule has 15 heavy (non-hydrogen) atoms. The molecule has 0 aromatic carbocycles. The summed E-state index contributed by atoms with van der Waals surface area (Å²) in [6.07, 6.45) is 5.44. The van der Waals surface area contributed by atoms with Gasteiger partial charge in [-0.05, 0) is 28.1 Å². The maximum Gasteiger partial charge on any atom is 0.148 e. The van der Waals surface area contributed by atoms with Crippen LogP contribution >= 0.6 is 27.5 Å². The molecular weight excluding hydrogens is 277 g/mol. The summed E-state index contributed by atoms with van der Waals surface area (Å²) in [5, 5.41) is 1.47. The predicted molar refractivity (Wildman–Crippen MR) is 63.2 cm³/mol. The average Bonchev–Trinajstić information content (AvgIpc) is 2.58. The lowest BCUT2D eigenvalue weighted by Gasteiger charge is -1.99. The number of hydrogen-bond acceptors (Lipinski definition) is 2. The van der Waals surface area contributed by atoms with Gasteiger partial charge in [-0.15, -0.1) is 0 Å². The van der Waals surface area contributed by atoms with Crippen molar-refractivity contribution in [3.8, 4) is 0 Å². The van der Waals surface area contributed by atoms with Crippen LogP contribution in [0.2, 0.25) is 5.15 Å². The van der Waals surface area contributed by atoms with Crippen LogP contribution in [0.3, 0.4) is 0 Å². The SMILES string of the molecule is Clc1cn2ccc3ncc(Br)cc3c2n1. The Bertz CT molecular complexity index is 662. The van der Waals surface area contributed by atoms with Crippen molar-refractivity contribution in [1.29, 1.82) is 0 Å². The van der Waals surface area contributed by atoms with Crippen molar-refractivity contribution in [2.24, 2.45) is 0 Å². The third-order valence-electron chi connectivity index (χ3n) is 2.22. The second-order valence-corrected chi connectivity index (χ2v) is 4.50. The summed E-state index contributed by atoms with van der Waals surface area (Å²) in [5.74, 6) is 0. The Hall–Kier alpha value is -1.13. The highest BCUT2D eigenvalue weighted by Gasteiger charge is 2.05. The number of aromatic nitrogens is 3. The molecule has 3 aromatic heterocycles. The van der Waals surface area contributed by atoms with Crippen molar-refractivity contribution < 1.29 is 0 Å². The van der Waals surface area contributed by atoms with E-state index in [0.29, 0.717) is 5.15 Å². The Kier molecular flexibility index (Phi) is 1.94. The molecule has 0 radical (unpaired) electrons. The van der Waals surface area contributed by atoms with Crippen LogP contribution in [-0.4, -0.2) is 14.4 Å². The lowest BCUT2D eigenvalue weighted by molar-refractivity contribution is 1.19. The van der Waals surface area contributed by atoms with Gasteiger partial charge < -0.3 is 4.40 Å². The van der Waals surface area contributed by atoms with E-state index in [2.05, 4.69) is 25.9 Å². The number of fused-ring (bicyclic) bond motifs is 3. The monoisotopic (exact) mass is 281 g/mol. The van der Waals surface area contributed by atoms with Crippen LogP contribution < -0.4 is 0 Å². The van der Waals surface area contributed by atoms with Gasteiger partial charge in [0, 0.05) is 28.4 Å². The van der Waals surface area contributed by atoms with Gasteiger partial charge >= 0.3 is 0 Å². The molecule has 0 bridgehead atoms. The van der Waals surface area contributed by atoms with E-state index in [4.69, 9.17) is 11.6 Å². The molecule has 5 heteroatoms. The number of pyridine rings is 2. The fourth-order valence-electron chi connectivity index (χ4n) is 1.59. The summed E-state index contributed by atoms with van der Waals surface area (Å²) in [5.41, 5.74) is 1.74. The topological polar surface area (TPSA) is 30.2 Å². The Labute approximate surface area is 98.8 Å². The van der Waals surface area contributed by atoms with Crippen LogP contribution in [0.1, 0.15) is 0 Å². The molecule has 0 unspecified atom stereocenters. The van der Waals surface area contributed by atoms with E-state index in [-0.39, 0.29) is 0 Å². The lowest BCUT2D eigenvalue weighted by Crippen LogP contribution is -1.86. The minimum absolute atomic E-state index is 0.488. The lowest BCUT2D eigenvalue weighted by atomic mass is 10.2. The van der Waals surface area contributed by atoms with E-state index in [1.165, 1.54) is 0 Å². The molecule has 74 valence electrons. The van der Waals surface area contributed by atoms with Crippen molar-refractivity contribution >= 4 is 44.1 Å². The zero-order valence-corrected chi connectivity index (χ0v) is 9.83. The maximum absolute atomic E-state index is 5.86. The van der Waals surface area contributed by atoms with Crippen LogP contribution in [0.4, 0.5) is 0 Å². The highest BCUT2D eigenvalue weighted by Crippen LogP contribution is 2.22. The molecule has 3 rings (SSSR count). The average molecular weight is 283 g/mol. The van der Waals surface area contributed by atoms with Crippen LogP contribution in [0.25, 0.3) is 16.6 Å². The van der Waals surface area contributed by atoms with Crippen molar-refractivity contribution in [3.05, 3.63) is 40.3 Å². The molecule has 0 saturated carbocycles. The standard InChI is InChI=1S/C10H5BrClN3/c11-6-3-7-8(13-4-6)1-2-15-5-9(12)14-10(7)15/h1-5H. The molecule has 0 atom stereocenters. The van der Waals surface area contributed by atoms with Crippen LogP contribution in [0.15, 0.2) is 35.2 Å². The van der Waals surface area contributed by atoms with Gasteiger partial charge in [-0.3, -0.25) is 4.98 Å². The molecule has 0 N–H and O–H groups in total. The van der Waals surface area contributed by atoms with Gasteiger partial charge in [0.25, 0.3) is 0 Å². The number of hydrogen-bond donors (Lipinski definition) is 0. The molecule has 0 aliphatic rings. The van der Waals surface area contributed by atoms with E-state index in [1.807, 2.05) is 22.7 Å². The fraction of sp³-hybridized carbons (Fsp3) is 0. The zero-order chi connectivity index (χ0) is 10.4. The van der Waals surface area contributed by atoms with E-state index in [1.54, 1.807) is 12.4 Å². The van der Waals surface area contributed by atoms with Crippen LogP contribution in [-0.2, 0) is 0 Å². The first-order valence-corrected chi connectivity index (χ1v) is 5.49. The Morgan fingerprint density at radius 2 is 2.27 bits per heavy atom. The molecule has 0 spiro atoms. The largest absolute Gasteiger partial charge is 0.305 e. The van der Waals surface area contributed by atoms with Gasteiger partial charge in [-0.25, -0.2) is 4.98 Å². The van der Waals surface area contributed by atoms with Gasteiger partial charge in [-0.1, -0.05) is 11.6 Å². The maximum atomic E-state index is 5.86. The minimum Gasteiger partial charge on any atom is -0.305 e. The number of rotatable bonds is 0. The molecule has 0 fully saturated rings. The van der Waals surface area contributed by atoms with Crippen molar-refractivity contribution in [1.82, 2.24) is 14.4 Å². The number of nitrogens with zero attached hydrogens (tertiary/aromatic N) is 3. The van der Waals surface area contributed by atoms with Gasteiger partial charge in [0.1, 0.15) is 10.8 Å². The Morgan fingerprint density at radius 1 is 1.40 bits per heavy atom. The molecule has 0 amide bonds. The summed E-state index contributed by atoms with van der Waals surface area (Å²) in [4.78, 5) is 8.55. The van der Waals surface area contributed by atoms with Gasteiger partial charge in [0.15, 0.2) is 0 Å². The quantitative estimate of drug-likeness (QED) is 0.633. The first kappa shape index (κ1) is 9.12. The summed E-state index contributed by atoms with van der Waals surface area (Å²) < 4.78 is 2.82. The van der Waals surface area contributed by atoms with Crippen LogP contribution in [0, 0.1) is 0 Å². The first-order chi connectivity index (χ1) is 7.24. The molecule has 0 saturated heterocycles.